The number of nitro benzene ring substituents is 1. The number of amides is 1. The summed E-state index contributed by atoms with van der Waals surface area (Å²) in [5.74, 6) is -0.396. The first kappa shape index (κ1) is 28.0. The van der Waals surface area contributed by atoms with Gasteiger partial charge >= 0.3 is 0 Å². The fourth-order valence-electron chi connectivity index (χ4n) is 6.40. The van der Waals surface area contributed by atoms with E-state index in [1.165, 1.54) is 12.1 Å². The van der Waals surface area contributed by atoms with Crippen molar-refractivity contribution in [3.63, 3.8) is 0 Å². The van der Waals surface area contributed by atoms with Crippen molar-refractivity contribution in [1.29, 1.82) is 0 Å². The predicted octanol–water partition coefficient (Wildman–Crippen LogP) is 4.47. The van der Waals surface area contributed by atoms with Gasteiger partial charge in [0, 0.05) is 35.1 Å². The Balaban J connectivity index is 1.22. The highest BCUT2D eigenvalue weighted by Gasteiger charge is 2.58. The number of aryl methyl sites for hydroxylation is 1. The Morgan fingerprint density at radius 1 is 1.20 bits per heavy atom. The van der Waals surface area contributed by atoms with Crippen LogP contribution in [0.4, 0.5) is 5.69 Å². The molecular weight excluding hydrogens is 562 g/mol. The summed E-state index contributed by atoms with van der Waals surface area (Å²) < 4.78 is 5.99. The molecule has 1 unspecified atom stereocenters. The largest absolute Gasteiger partial charge is 0.477 e. The molecule has 2 saturated heterocycles. The molecule has 1 amide bonds. The van der Waals surface area contributed by atoms with Gasteiger partial charge in [-0.2, -0.15) is 0 Å². The van der Waals surface area contributed by atoms with Crippen LogP contribution in [0.3, 0.4) is 0 Å². The molecule has 6 rings (SSSR count). The van der Waals surface area contributed by atoms with Gasteiger partial charge in [-0.15, -0.1) is 11.8 Å². The molecule has 1 aliphatic carbocycles. The van der Waals surface area contributed by atoms with Crippen LogP contribution in [0.25, 0.3) is 0 Å². The molecule has 0 bridgehead atoms. The Bertz CT molecular complexity index is 1440. The second kappa shape index (κ2) is 11.3. The molecule has 214 valence electrons. The van der Waals surface area contributed by atoms with Crippen LogP contribution in [-0.4, -0.2) is 67.2 Å². The molecule has 2 aromatic carbocycles. The van der Waals surface area contributed by atoms with Crippen molar-refractivity contribution in [2.24, 2.45) is 11.8 Å². The molecule has 5 atom stereocenters. The lowest BCUT2D eigenvalue weighted by molar-refractivity contribution is -0.384. The van der Waals surface area contributed by atoms with Gasteiger partial charge in [0.05, 0.1) is 23.0 Å². The minimum Gasteiger partial charge on any atom is -0.477 e. The summed E-state index contributed by atoms with van der Waals surface area (Å²) in [6.07, 6.45) is 2.24. The maximum absolute atomic E-state index is 13.4. The number of carbonyl (C=O) groups is 2. The Hall–Kier alpha value is -3.12. The van der Waals surface area contributed by atoms with Gasteiger partial charge in [0.1, 0.15) is 17.7 Å². The molecule has 3 aliphatic heterocycles. The van der Waals surface area contributed by atoms with E-state index in [-0.39, 0.29) is 46.4 Å². The quantitative estimate of drug-likeness (QED) is 0.205. The topological polar surface area (TPSA) is 113 Å². The van der Waals surface area contributed by atoms with Gasteiger partial charge in [-0.1, -0.05) is 31.2 Å². The number of benzene rings is 2. The molecule has 0 saturated carbocycles. The molecule has 41 heavy (non-hydrogen) atoms. The van der Waals surface area contributed by atoms with Crippen LogP contribution in [0.2, 0.25) is 0 Å². The molecule has 3 heterocycles. The number of hydrogen-bond donors (Lipinski definition) is 1. The Morgan fingerprint density at radius 3 is 2.68 bits per heavy atom. The number of likely N-dealkylation sites (tertiary alicyclic amines) is 1. The second-order valence-corrected chi connectivity index (χ2v) is 12.5. The van der Waals surface area contributed by atoms with Crippen LogP contribution in [0.5, 0.6) is 0 Å². The molecular formula is C30H31N3O6S2. The summed E-state index contributed by atoms with van der Waals surface area (Å²) in [4.78, 5) is 42.1. The SMILES string of the molecule is CC[C@H](O)[C@@H]1C(=O)N2C(C(=S)OCc3ccc([N+](=O)[O-])cc3)=C([C@H]3CCN(C4CCc5ccccc5C4=O)C3)S[C@H]12. The van der Waals surface area contributed by atoms with Crippen molar-refractivity contribution in [3.8, 4) is 0 Å². The van der Waals surface area contributed by atoms with E-state index < -0.39 is 16.9 Å². The lowest BCUT2D eigenvalue weighted by atomic mass is 9.86. The average molecular weight is 594 g/mol. The van der Waals surface area contributed by atoms with Gasteiger partial charge in [-0.05, 0) is 67.7 Å². The van der Waals surface area contributed by atoms with Crippen LogP contribution in [0.1, 0.15) is 47.7 Å². The highest BCUT2D eigenvalue weighted by molar-refractivity contribution is 8.04. The van der Waals surface area contributed by atoms with E-state index in [2.05, 4.69) is 4.90 Å². The zero-order valence-electron chi connectivity index (χ0n) is 22.6. The number of aliphatic hydroxyl groups is 1. The van der Waals surface area contributed by atoms with Gasteiger partial charge in [0.25, 0.3) is 5.69 Å². The maximum Gasteiger partial charge on any atom is 0.269 e. The van der Waals surface area contributed by atoms with Crippen LogP contribution in [-0.2, 0) is 22.6 Å². The summed E-state index contributed by atoms with van der Waals surface area (Å²) in [6, 6.07) is 13.8. The Kier molecular flexibility index (Phi) is 7.71. The molecule has 0 aromatic heterocycles. The number of nitro groups is 1. The molecule has 2 fully saturated rings. The number of hydrogen-bond acceptors (Lipinski definition) is 9. The fraction of sp³-hybridized carbons (Fsp3) is 0.433. The average Bonchev–Trinajstić information content (AvgIpc) is 3.59. The van der Waals surface area contributed by atoms with Crippen molar-refractivity contribution in [2.45, 2.75) is 56.7 Å². The number of ether oxygens (including phenoxy) is 1. The highest BCUT2D eigenvalue weighted by atomic mass is 32.2. The zero-order valence-corrected chi connectivity index (χ0v) is 24.2. The first-order valence-electron chi connectivity index (χ1n) is 14.0. The molecule has 11 heteroatoms. The summed E-state index contributed by atoms with van der Waals surface area (Å²) in [5, 5.41) is 21.5. The van der Waals surface area contributed by atoms with Crippen molar-refractivity contribution in [2.75, 3.05) is 13.1 Å². The van der Waals surface area contributed by atoms with Crippen molar-refractivity contribution < 1.29 is 24.4 Å². The first-order valence-corrected chi connectivity index (χ1v) is 15.3. The van der Waals surface area contributed by atoms with Crippen molar-refractivity contribution in [1.82, 2.24) is 9.80 Å². The number of thioether (sulfide) groups is 1. The van der Waals surface area contributed by atoms with E-state index in [0.29, 0.717) is 18.7 Å². The number of nitrogens with zero attached hydrogens (tertiary/aromatic N) is 3. The van der Waals surface area contributed by atoms with E-state index in [4.69, 9.17) is 17.0 Å². The van der Waals surface area contributed by atoms with Gasteiger partial charge in [0.2, 0.25) is 11.0 Å². The third-order valence-electron chi connectivity index (χ3n) is 8.65. The van der Waals surface area contributed by atoms with Gasteiger partial charge < -0.3 is 9.84 Å². The number of ketones is 1. The van der Waals surface area contributed by atoms with Crippen LogP contribution in [0, 0.1) is 22.0 Å². The molecule has 2 aromatic rings. The lowest BCUT2D eigenvalue weighted by Crippen LogP contribution is -2.61. The van der Waals surface area contributed by atoms with Crippen molar-refractivity contribution >= 4 is 46.4 Å². The number of fused-ring (bicyclic) bond motifs is 2. The number of Topliss-reactive ketones (excluding diaryl/α,β-unsaturated/α-hetero) is 1. The molecule has 0 spiro atoms. The predicted molar refractivity (Wildman–Crippen MR) is 158 cm³/mol. The summed E-state index contributed by atoms with van der Waals surface area (Å²) >= 11 is 7.32. The number of aliphatic hydroxyl groups excluding tert-OH is 1. The van der Waals surface area contributed by atoms with Gasteiger partial charge in [-0.3, -0.25) is 29.5 Å². The zero-order chi connectivity index (χ0) is 28.8. The van der Waals surface area contributed by atoms with E-state index in [1.54, 1.807) is 28.8 Å². The molecule has 9 nitrogen and oxygen atoms in total. The number of carbonyl (C=O) groups excluding carboxylic acids is 2. The van der Waals surface area contributed by atoms with E-state index >= 15 is 0 Å². The highest BCUT2D eigenvalue weighted by Crippen LogP contribution is 2.54. The van der Waals surface area contributed by atoms with Gasteiger partial charge in [-0.25, -0.2) is 0 Å². The summed E-state index contributed by atoms with van der Waals surface area (Å²) in [7, 11) is 0. The van der Waals surface area contributed by atoms with E-state index in [1.807, 2.05) is 31.2 Å². The number of thiocarbonyl (C=S) groups is 1. The lowest BCUT2D eigenvalue weighted by Gasteiger charge is -2.44. The van der Waals surface area contributed by atoms with Crippen LogP contribution >= 0.6 is 24.0 Å². The Labute approximate surface area is 247 Å². The third-order valence-corrected chi connectivity index (χ3v) is 10.5. The Morgan fingerprint density at radius 2 is 1.95 bits per heavy atom. The fourth-order valence-corrected chi connectivity index (χ4v) is 8.44. The van der Waals surface area contributed by atoms with E-state index in [0.717, 1.165) is 47.4 Å². The number of β-lactam (4-membered cyclic amide) rings is 1. The summed E-state index contributed by atoms with van der Waals surface area (Å²) in [5.41, 5.74) is 3.23. The minimum absolute atomic E-state index is 0.00576. The standard InChI is InChI=1S/C30H31N3O6S2/c1-2-23(34)24-28(36)32-25(30(40)39-16-17-7-10-20(11-8-17)33(37)38)27(41-29(24)32)19-13-14-31(15-19)22-12-9-18-5-3-4-6-21(18)26(22)35/h3-8,10-11,19,22-24,29,34H,2,9,12-16H2,1H3/t19-,22?,23-,24+,29+/m0/s1. The molecule has 0 radical (unpaired) electrons. The first-order chi connectivity index (χ1) is 19.8. The molecule has 4 aliphatic rings. The minimum atomic E-state index is -0.730. The number of non-ortho nitro benzene ring substituents is 1. The van der Waals surface area contributed by atoms with E-state index in [9.17, 15) is 24.8 Å². The normalized spacial score (nSPS) is 26.4. The second-order valence-electron chi connectivity index (χ2n) is 11.0. The maximum atomic E-state index is 13.4. The van der Waals surface area contributed by atoms with Crippen LogP contribution in [0.15, 0.2) is 59.1 Å². The molecule has 1 N–H and O–H groups in total. The van der Waals surface area contributed by atoms with Crippen molar-refractivity contribution in [3.05, 3.63) is 85.9 Å². The monoisotopic (exact) mass is 593 g/mol. The third kappa shape index (κ3) is 4.98. The van der Waals surface area contributed by atoms with Crippen LogP contribution < -0.4 is 0 Å². The summed E-state index contributed by atoms with van der Waals surface area (Å²) in [6.45, 7) is 3.43. The van der Waals surface area contributed by atoms with Gasteiger partial charge in [0.15, 0.2) is 5.78 Å². The smallest absolute Gasteiger partial charge is 0.269 e. The number of rotatable bonds is 8.